The van der Waals surface area contributed by atoms with Crippen LogP contribution in [-0.4, -0.2) is 11.1 Å². The summed E-state index contributed by atoms with van der Waals surface area (Å²) in [6.45, 7) is 0. The quantitative estimate of drug-likeness (QED) is 0.939. The number of aryl methyl sites for hydroxylation is 1. The maximum atomic E-state index is 13.6. The molecule has 108 valence electrons. The van der Waals surface area contributed by atoms with Crippen molar-refractivity contribution < 1.29 is 18.7 Å². The van der Waals surface area contributed by atoms with Crippen molar-refractivity contribution in [1.29, 1.82) is 0 Å². The minimum absolute atomic E-state index is 0.279. The van der Waals surface area contributed by atoms with E-state index in [1.807, 2.05) is 30.3 Å². The third-order valence-electron chi connectivity index (χ3n) is 4.24. The first-order valence-corrected chi connectivity index (χ1v) is 6.79. The molecule has 0 saturated carbocycles. The lowest BCUT2D eigenvalue weighted by Crippen LogP contribution is -2.36. The van der Waals surface area contributed by atoms with Gasteiger partial charge in [-0.3, -0.25) is 4.79 Å². The Morgan fingerprint density at radius 3 is 2.48 bits per heavy atom. The van der Waals surface area contributed by atoms with E-state index >= 15 is 0 Å². The molecule has 0 bridgehead atoms. The van der Waals surface area contributed by atoms with Crippen molar-refractivity contribution in [1.82, 2.24) is 0 Å². The van der Waals surface area contributed by atoms with E-state index in [1.54, 1.807) is 0 Å². The van der Waals surface area contributed by atoms with Gasteiger partial charge in [-0.25, -0.2) is 8.78 Å². The van der Waals surface area contributed by atoms with Crippen LogP contribution >= 0.6 is 0 Å². The SMILES string of the molecule is O=C(O)C1(Cc2ccccc2)CCc2cc(F)c(F)cc21. The highest BCUT2D eigenvalue weighted by Gasteiger charge is 2.46. The Morgan fingerprint density at radius 1 is 1.14 bits per heavy atom. The highest BCUT2D eigenvalue weighted by atomic mass is 19.2. The second kappa shape index (κ2) is 4.95. The molecule has 0 saturated heterocycles. The van der Waals surface area contributed by atoms with Crippen molar-refractivity contribution >= 4 is 5.97 Å². The van der Waals surface area contributed by atoms with Crippen molar-refractivity contribution in [2.24, 2.45) is 0 Å². The highest BCUT2D eigenvalue weighted by molar-refractivity contribution is 5.83. The summed E-state index contributed by atoms with van der Waals surface area (Å²) in [7, 11) is 0. The van der Waals surface area contributed by atoms with E-state index in [9.17, 15) is 18.7 Å². The van der Waals surface area contributed by atoms with Crippen molar-refractivity contribution in [2.45, 2.75) is 24.7 Å². The summed E-state index contributed by atoms with van der Waals surface area (Å²) >= 11 is 0. The van der Waals surface area contributed by atoms with E-state index < -0.39 is 23.0 Å². The average Bonchev–Trinajstić information content (AvgIpc) is 2.80. The molecule has 4 heteroatoms. The Labute approximate surface area is 121 Å². The number of benzene rings is 2. The lowest BCUT2D eigenvalue weighted by Gasteiger charge is -2.26. The number of hydrogen-bond donors (Lipinski definition) is 1. The van der Waals surface area contributed by atoms with E-state index in [0.717, 1.165) is 17.7 Å². The van der Waals surface area contributed by atoms with Gasteiger partial charge >= 0.3 is 5.97 Å². The van der Waals surface area contributed by atoms with Crippen LogP contribution in [0.2, 0.25) is 0 Å². The van der Waals surface area contributed by atoms with Crippen LogP contribution in [-0.2, 0) is 23.1 Å². The first-order chi connectivity index (χ1) is 10.0. The topological polar surface area (TPSA) is 37.3 Å². The lowest BCUT2D eigenvalue weighted by molar-refractivity contribution is -0.143. The first kappa shape index (κ1) is 13.7. The number of aliphatic carboxylic acids is 1. The van der Waals surface area contributed by atoms with Gasteiger partial charge in [0.1, 0.15) is 0 Å². The maximum Gasteiger partial charge on any atom is 0.314 e. The van der Waals surface area contributed by atoms with Crippen molar-refractivity contribution in [3.05, 3.63) is 70.8 Å². The van der Waals surface area contributed by atoms with Gasteiger partial charge in [-0.2, -0.15) is 0 Å². The number of rotatable bonds is 3. The number of hydrogen-bond acceptors (Lipinski definition) is 1. The third kappa shape index (κ3) is 2.20. The Morgan fingerprint density at radius 2 is 1.81 bits per heavy atom. The van der Waals surface area contributed by atoms with Crippen molar-refractivity contribution in [2.75, 3.05) is 0 Å². The Bertz CT molecular complexity index is 697. The predicted molar refractivity (Wildman–Crippen MR) is 74.1 cm³/mol. The molecule has 0 radical (unpaired) electrons. The van der Waals surface area contributed by atoms with Crippen LogP contribution in [0.3, 0.4) is 0 Å². The number of halogens is 2. The molecule has 0 heterocycles. The van der Waals surface area contributed by atoms with Gasteiger partial charge in [-0.1, -0.05) is 30.3 Å². The molecule has 2 aromatic rings. The lowest BCUT2D eigenvalue weighted by atomic mass is 9.76. The van der Waals surface area contributed by atoms with Gasteiger partial charge < -0.3 is 5.11 Å². The van der Waals surface area contributed by atoms with Crippen molar-refractivity contribution in [3.8, 4) is 0 Å². The molecule has 1 unspecified atom stereocenters. The van der Waals surface area contributed by atoms with Crippen LogP contribution in [0.15, 0.2) is 42.5 Å². The zero-order valence-electron chi connectivity index (χ0n) is 11.3. The van der Waals surface area contributed by atoms with E-state index in [4.69, 9.17) is 0 Å². The molecule has 0 fully saturated rings. The number of fused-ring (bicyclic) bond motifs is 1. The largest absolute Gasteiger partial charge is 0.481 e. The fourth-order valence-corrected chi connectivity index (χ4v) is 3.15. The third-order valence-corrected chi connectivity index (χ3v) is 4.24. The van der Waals surface area contributed by atoms with Crippen LogP contribution in [0.1, 0.15) is 23.1 Å². The molecular formula is C17H14F2O2. The van der Waals surface area contributed by atoms with Crippen LogP contribution in [0.25, 0.3) is 0 Å². The Balaban J connectivity index is 2.10. The molecule has 0 amide bonds. The number of carbonyl (C=O) groups is 1. The molecule has 2 nitrogen and oxygen atoms in total. The second-order valence-electron chi connectivity index (χ2n) is 5.47. The molecule has 21 heavy (non-hydrogen) atoms. The molecule has 2 aromatic carbocycles. The molecule has 1 aliphatic carbocycles. The highest BCUT2D eigenvalue weighted by Crippen LogP contribution is 2.42. The van der Waals surface area contributed by atoms with Gasteiger partial charge in [-0.05, 0) is 48.1 Å². The molecule has 1 N–H and O–H groups in total. The van der Waals surface area contributed by atoms with Crippen LogP contribution in [0.4, 0.5) is 8.78 Å². The van der Waals surface area contributed by atoms with Crippen molar-refractivity contribution in [3.63, 3.8) is 0 Å². The minimum atomic E-state index is -1.18. The molecule has 1 aliphatic rings. The van der Waals surface area contributed by atoms with E-state index in [1.165, 1.54) is 0 Å². The van der Waals surface area contributed by atoms with Crippen LogP contribution in [0.5, 0.6) is 0 Å². The summed E-state index contributed by atoms with van der Waals surface area (Å²) in [6.07, 6.45) is 1.09. The van der Waals surface area contributed by atoms with E-state index in [2.05, 4.69) is 0 Å². The Kier molecular flexibility index (Phi) is 3.24. The van der Waals surface area contributed by atoms with Gasteiger partial charge in [0.2, 0.25) is 0 Å². The molecule has 3 rings (SSSR count). The standard InChI is InChI=1S/C17H14F2O2/c18-14-8-12-6-7-17(16(20)21,13(12)9-15(14)19)10-11-4-2-1-3-5-11/h1-5,8-9H,6-7,10H2,(H,20,21). The Hall–Kier alpha value is -2.23. The summed E-state index contributed by atoms with van der Waals surface area (Å²) in [5, 5.41) is 9.72. The van der Waals surface area contributed by atoms with Crippen LogP contribution < -0.4 is 0 Å². The van der Waals surface area contributed by atoms with E-state index in [0.29, 0.717) is 24.0 Å². The van der Waals surface area contributed by atoms with Gasteiger partial charge in [0.05, 0.1) is 5.41 Å². The number of carboxylic acid groups (broad SMARTS) is 1. The normalized spacial score (nSPS) is 20.3. The second-order valence-corrected chi connectivity index (χ2v) is 5.47. The van der Waals surface area contributed by atoms with Gasteiger partial charge in [0, 0.05) is 0 Å². The summed E-state index contributed by atoms with van der Waals surface area (Å²) in [5.74, 6) is -2.90. The summed E-state index contributed by atoms with van der Waals surface area (Å²) < 4.78 is 26.9. The van der Waals surface area contributed by atoms with Gasteiger partial charge in [0.15, 0.2) is 11.6 Å². The summed E-state index contributed by atoms with van der Waals surface area (Å²) in [5.41, 5.74) is 0.688. The van der Waals surface area contributed by atoms with Crippen LogP contribution in [0, 0.1) is 11.6 Å². The van der Waals surface area contributed by atoms with Gasteiger partial charge in [-0.15, -0.1) is 0 Å². The molecule has 0 spiro atoms. The molecule has 1 atom stereocenters. The van der Waals surface area contributed by atoms with Gasteiger partial charge in [0.25, 0.3) is 0 Å². The number of carboxylic acids is 1. The summed E-state index contributed by atoms with van der Waals surface area (Å²) in [6, 6.07) is 11.4. The smallest absolute Gasteiger partial charge is 0.314 e. The first-order valence-electron chi connectivity index (χ1n) is 6.79. The average molecular weight is 288 g/mol. The summed E-state index contributed by atoms with van der Waals surface area (Å²) in [4.78, 5) is 11.9. The minimum Gasteiger partial charge on any atom is -0.481 e. The fraction of sp³-hybridized carbons (Fsp3) is 0.235. The zero-order chi connectivity index (χ0) is 15.0. The van der Waals surface area contributed by atoms with E-state index in [-0.39, 0.29) is 6.42 Å². The molecule has 0 aromatic heterocycles. The maximum absolute atomic E-state index is 13.6. The molecular weight excluding hydrogens is 274 g/mol. The zero-order valence-corrected chi connectivity index (χ0v) is 11.3. The predicted octanol–water partition coefficient (Wildman–Crippen LogP) is 3.48. The molecule has 0 aliphatic heterocycles. The monoisotopic (exact) mass is 288 g/mol. The fourth-order valence-electron chi connectivity index (χ4n) is 3.15.